The lowest BCUT2D eigenvalue weighted by Crippen LogP contribution is -2.37. The summed E-state index contributed by atoms with van der Waals surface area (Å²) < 4.78 is 0. The Hall–Kier alpha value is -1.98. The lowest BCUT2D eigenvalue weighted by molar-refractivity contribution is 1.36. The van der Waals surface area contributed by atoms with E-state index in [0.29, 0.717) is 10.2 Å². The van der Waals surface area contributed by atoms with Crippen LogP contribution in [0, 0.1) is 13.8 Å². The van der Waals surface area contributed by atoms with Gasteiger partial charge >= 0.3 is 0 Å². The van der Waals surface area contributed by atoms with E-state index >= 15 is 0 Å². The van der Waals surface area contributed by atoms with Crippen LogP contribution in [0.15, 0.2) is 48.5 Å². The maximum Gasteiger partial charge on any atom is 0.177 e. The Balaban J connectivity index is 1.93. The maximum atomic E-state index is 5.27. The molecule has 2 aromatic rings. The molecule has 3 nitrogen and oxygen atoms in total. The summed E-state index contributed by atoms with van der Waals surface area (Å²) in [5, 5.41) is 10.2. The molecule has 2 aromatic carbocycles. The molecule has 0 amide bonds. The molecule has 0 atom stereocenters. The number of hydrogen-bond donors (Lipinski definition) is 3. The van der Waals surface area contributed by atoms with Crippen LogP contribution in [0.2, 0.25) is 0 Å². The Morgan fingerprint density at radius 2 is 1.10 bits per heavy atom. The fourth-order valence-corrected chi connectivity index (χ4v) is 2.33. The highest BCUT2D eigenvalue weighted by atomic mass is 32.1. The molecule has 2 rings (SSSR count). The minimum Gasteiger partial charge on any atom is -0.332 e. The molecule has 0 aromatic heterocycles. The van der Waals surface area contributed by atoms with E-state index in [9.17, 15) is 0 Å². The van der Waals surface area contributed by atoms with Crippen LogP contribution in [0.5, 0.6) is 0 Å². The number of anilines is 2. The Bertz CT molecular complexity index is 611. The average molecular weight is 315 g/mol. The van der Waals surface area contributed by atoms with E-state index in [1.165, 1.54) is 0 Å². The van der Waals surface area contributed by atoms with E-state index in [1.807, 2.05) is 62.4 Å². The van der Waals surface area contributed by atoms with Gasteiger partial charge in [0.15, 0.2) is 10.2 Å². The third kappa shape index (κ3) is 4.51. The monoisotopic (exact) mass is 315 g/mol. The van der Waals surface area contributed by atoms with Gasteiger partial charge in [-0.1, -0.05) is 36.4 Å². The van der Waals surface area contributed by atoms with Gasteiger partial charge in [-0.25, -0.2) is 0 Å². The normalized spacial score (nSPS) is 9.81. The second kappa shape index (κ2) is 7.15. The highest BCUT2D eigenvalue weighted by Gasteiger charge is 2.04. The summed E-state index contributed by atoms with van der Waals surface area (Å²) in [6.07, 6.45) is 0. The van der Waals surface area contributed by atoms with Gasteiger partial charge in [-0.15, -0.1) is 0 Å². The molecule has 0 aliphatic heterocycles. The Morgan fingerprint density at radius 3 is 1.48 bits per heavy atom. The lowest BCUT2D eigenvalue weighted by atomic mass is 10.2. The molecule has 0 unspecified atom stereocenters. The molecule has 0 saturated heterocycles. The zero-order valence-corrected chi connectivity index (χ0v) is 13.6. The van der Waals surface area contributed by atoms with Gasteiger partial charge in [-0.2, -0.15) is 0 Å². The molecule has 108 valence electrons. The maximum absolute atomic E-state index is 5.27. The van der Waals surface area contributed by atoms with E-state index in [0.717, 1.165) is 22.5 Å². The Morgan fingerprint density at radius 1 is 0.714 bits per heavy atom. The summed E-state index contributed by atoms with van der Waals surface area (Å²) in [6.45, 7) is 4.05. The average Bonchev–Trinajstić information content (AvgIpc) is 2.44. The standard InChI is InChI=1S/C16H17N3S2/c1-11-7-3-5-9-13(11)17-15(20)19-16(21)18-14-10-6-4-8-12(14)2/h3-10H,1-2H3,(H3,17,18,19,20,21). The zero-order chi connectivity index (χ0) is 15.2. The molecule has 0 saturated carbocycles. The molecule has 3 N–H and O–H groups in total. The fourth-order valence-electron chi connectivity index (χ4n) is 1.84. The summed E-state index contributed by atoms with van der Waals surface area (Å²) >= 11 is 10.5. The van der Waals surface area contributed by atoms with Crippen molar-refractivity contribution >= 4 is 46.0 Å². The largest absolute Gasteiger partial charge is 0.332 e. The summed E-state index contributed by atoms with van der Waals surface area (Å²) in [4.78, 5) is 0. The fraction of sp³-hybridized carbons (Fsp3) is 0.125. The van der Waals surface area contributed by atoms with Crippen LogP contribution in [-0.2, 0) is 0 Å². The van der Waals surface area contributed by atoms with Gasteiger partial charge in [0.2, 0.25) is 0 Å². The smallest absolute Gasteiger partial charge is 0.177 e. The highest BCUT2D eigenvalue weighted by molar-refractivity contribution is 7.82. The molecule has 0 radical (unpaired) electrons. The molecule has 5 heteroatoms. The minimum absolute atomic E-state index is 0.468. The van der Waals surface area contributed by atoms with Crippen LogP contribution in [-0.4, -0.2) is 10.2 Å². The van der Waals surface area contributed by atoms with Crippen molar-refractivity contribution in [1.82, 2.24) is 5.32 Å². The van der Waals surface area contributed by atoms with E-state index in [4.69, 9.17) is 24.4 Å². The van der Waals surface area contributed by atoms with Gasteiger partial charge in [-0.3, -0.25) is 0 Å². The van der Waals surface area contributed by atoms with Gasteiger partial charge in [-0.05, 0) is 61.5 Å². The van der Waals surface area contributed by atoms with Crippen molar-refractivity contribution in [2.24, 2.45) is 0 Å². The van der Waals surface area contributed by atoms with Crippen molar-refractivity contribution in [2.75, 3.05) is 10.6 Å². The van der Waals surface area contributed by atoms with Crippen LogP contribution >= 0.6 is 24.4 Å². The number of benzene rings is 2. The molecule has 0 aliphatic carbocycles. The third-order valence-electron chi connectivity index (χ3n) is 3.01. The first-order valence-corrected chi connectivity index (χ1v) is 7.38. The number of thiocarbonyl (C=S) groups is 2. The summed E-state index contributed by atoms with van der Waals surface area (Å²) in [6, 6.07) is 15.9. The molecule has 0 aliphatic rings. The second-order valence-corrected chi connectivity index (χ2v) is 5.48. The molecule has 21 heavy (non-hydrogen) atoms. The van der Waals surface area contributed by atoms with Gasteiger partial charge in [0.1, 0.15) is 0 Å². The van der Waals surface area contributed by atoms with Crippen LogP contribution in [0.1, 0.15) is 11.1 Å². The first kappa shape index (κ1) is 15.4. The Kier molecular flexibility index (Phi) is 5.25. The Labute approximate surface area is 135 Å². The zero-order valence-electron chi connectivity index (χ0n) is 11.9. The topological polar surface area (TPSA) is 36.1 Å². The number of hydrogen-bond acceptors (Lipinski definition) is 2. The first-order chi connectivity index (χ1) is 10.1. The van der Waals surface area contributed by atoms with Crippen molar-refractivity contribution < 1.29 is 0 Å². The first-order valence-electron chi connectivity index (χ1n) is 6.56. The highest BCUT2D eigenvalue weighted by Crippen LogP contribution is 2.14. The minimum atomic E-state index is 0.468. The summed E-state index contributed by atoms with van der Waals surface area (Å²) in [7, 11) is 0. The van der Waals surface area contributed by atoms with Gasteiger partial charge in [0, 0.05) is 11.4 Å². The van der Waals surface area contributed by atoms with Crippen molar-refractivity contribution in [1.29, 1.82) is 0 Å². The van der Waals surface area contributed by atoms with Crippen molar-refractivity contribution in [3.8, 4) is 0 Å². The van der Waals surface area contributed by atoms with Crippen molar-refractivity contribution in [3.63, 3.8) is 0 Å². The molecule has 0 fully saturated rings. The lowest BCUT2D eigenvalue weighted by Gasteiger charge is -2.15. The molecule has 0 bridgehead atoms. The third-order valence-corrected chi connectivity index (χ3v) is 3.42. The predicted molar refractivity (Wildman–Crippen MR) is 97.9 cm³/mol. The van der Waals surface area contributed by atoms with Crippen LogP contribution in [0.25, 0.3) is 0 Å². The second-order valence-electron chi connectivity index (χ2n) is 4.66. The van der Waals surface area contributed by atoms with Crippen LogP contribution < -0.4 is 16.0 Å². The van der Waals surface area contributed by atoms with Crippen molar-refractivity contribution in [3.05, 3.63) is 59.7 Å². The van der Waals surface area contributed by atoms with Gasteiger partial charge in [0.25, 0.3) is 0 Å². The van der Waals surface area contributed by atoms with E-state index in [-0.39, 0.29) is 0 Å². The number of nitrogens with one attached hydrogen (secondary N) is 3. The van der Waals surface area contributed by atoms with Gasteiger partial charge in [0.05, 0.1) is 0 Å². The van der Waals surface area contributed by atoms with Crippen LogP contribution in [0.4, 0.5) is 11.4 Å². The predicted octanol–water partition coefficient (Wildman–Crippen LogP) is 3.99. The number of aryl methyl sites for hydroxylation is 2. The SMILES string of the molecule is Cc1ccccc1NC(=S)NC(=S)Nc1ccccc1C. The summed E-state index contributed by atoms with van der Waals surface area (Å²) in [5.74, 6) is 0. The van der Waals surface area contributed by atoms with E-state index in [2.05, 4.69) is 16.0 Å². The van der Waals surface area contributed by atoms with Gasteiger partial charge < -0.3 is 16.0 Å². The van der Waals surface area contributed by atoms with E-state index in [1.54, 1.807) is 0 Å². The molecule has 0 spiro atoms. The van der Waals surface area contributed by atoms with Crippen LogP contribution in [0.3, 0.4) is 0 Å². The van der Waals surface area contributed by atoms with E-state index < -0.39 is 0 Å². The number of para-hydroxylation sites is 2. The molecular formula is C16H17N3S2. The molecule has 0 heterocycles. The molecular weight excluding hydrogens is 298 g/mol. The summed E-state index contributed by atoms with van der Waals surface area (Å²) in [5.41, 5.74) is 4.18. The van der Waals surface area contributed by atoms with Crippen molar-refractivity contribution in [2.45, 2.75) is 13.8 Å². The number of rotatable bonds is 2. The quantitative estimate of drug-likeness (QED) is 0.731.